The number of nitrogens with one attached hydrogen (secondary N) is 1. The lowest BCUT2D eigenvalue weighted by atomic mass is 10.2. The molecule has 4 rings (SSSR count). The Bertz CT molecular complexity index is 871. The van der Waals surface area contributed by atoms with Crippen LogP contribution in [0.2, 0.25) is 0 Å². The van der Waals surface area contributed by atoms with Gasteiger partial charge in [0.25, 0.3) is 0 Å². The van der Waals surface area contributed by atoms with Crippen molar-refractivity contribution in [2.45, 2.75) is 0 Å². The van der Waals surface area contributed by atoms with Gasteiger partial charge in [-0.15, -0.1) is 0 Å². The molecule has 0 aliphatic carbocycles. The molecule has 4 aromatic rings. The maximum absolute atomic E-state index is 12.9. The van der Waals surface area contributed by atoms with Gasteiger partial charge in [0.1, 0.15) is 5.82 Å². The predicted molar refractivity (Wildman–Crippen MR) is 72.4 cm³/mol. The number of halogens is 1. The minimum atomic E-state index is -0.231. The Morgan fingerprint density at radius 1 is 1.00 bits per heavy atom. The number of benzene rings is 2. The molecule has 0 saturated heterocycles. The van der Waals surface area contributed by atoms with Gasteiger partial charge in [0, 0.05) is 6.20 Å². The Morgan fingerprint density at radius 2 is 1.79 bits per heavy atom. The molecule has 4 heteroatoms. The lowest BCUT2D eigenvalue weighted by Gasteiger charge is -1.96. The van der Waals surface area contributed by atoms with Crippen molar-refractivity contribution in [1.82, 2.24) is 14.4 Å². The highest BCUT2D eigenvalue weighted by Crippen LogP contribution is 2.22. The monoisotopic (exact) mass is 251 g/mol. The maximum atomic E-state index is 12.9. The van der Waals surface area contributed by atoms with E-state index in [0.29, 0.717) is 0 Å². The van der Waals surface area contributed by atoms with Crippen molar-refractivity contribution in [1.29, 1.82) is 0 Å². The van der Waals surface area contributed by atoms with Crippen LogP contribution in [0, 0.1) is 5.82 Å². The van der Waals surface area contributed by atoms with Crippen molar-refractivity contribution >= 4 is 16.8 Å². The summed E-state index contributed by atoms with van der Waals surface area (Å²) in [5, 5.41) is 0. The number of nitrogens with zero attached hydrogens (tertiary/aromatic N) is 2. The molecule has 0 radical (unpaired) electrons. The van der Waals surface area contributed by atoms with Gasteiger partial charge in [-0.2, -0.15) is 0 Å². The summed E-state index contributed by atoms with van der Waals surface area (Å²) in [6, 6.07) is 14.4. The highest BCUT2D eigenvalue weighted by atomic mass is 19.1. The van der Waals surface area contributed by atoms with Crippen LogP contribution in [0.3, 0.4) is 0 Å². The van der Waals surface area contributed by atoms with E-state index in [9.17, 15) is 4.39 Å². The van der Waals surface area contributed by atoms with E-state index in [1.165, 1.54) is 12.1 Å². The van der Waals surface area contributed by atoms with Gasteiger partial charge in [0.15, 0.2) is 0 Å². The average Bonchev–Trinajstić information content (AvgIpc) is 2.97. The minimum absolute atomic E-state index is 0.231. The van der Waals surface area contributed by atoms with E-state index in [-0.39, 0.29) is 5.82 Å². The number of para-hydroxylation sites is 2. The van der Waals surface area contributed by atoms with Gasteiger partial charge >= 0.3 is 0 Å². The molecule has 0 amide bonds. The van der Waals surface area contributed by atoms with E-state index in [2.05, 4.69) is 9.97 Å². The van der Waals surface area contributed by atoms with Crippen LogP contribution < -0.4 is 0 Å². The molecule has 2 heterocycles. The quantitative estimate of drug-likeness (QED) is 0.550. The molecular formula is C15H10FN3. The second-order valence-electron chi connectivity index (χ2n) is 4.47. The number of hydrogen-bond donors (Lipinski definition) is 1. The number of aromatic nitrogens is 3. The van der Waals surface area contributed by atoms with E-state index >= 15 is 0 Å². The molecule has 1 N–H and O–H groups in total. The summed E-state index contributed by atoms with van der Waals surface area (Å²) in [4.78, 5) is 7.76. The molecule has 0 bridgehead atoms. The van der Waals surface area contributed by atoms with Crippen molar-refractivity contribution in [3.8, 4) is 11.3 Å². The van der Waals surface area contributed by atoms with Gasteiger partial charge in [-0.25, -0.2) is 9.37 Å². The number of H-pyrrole nitrogens is 1. The Labute approximate surface area is 108 Å². The summed E-state index contributed by atoms with van der Waals surface area (Å²) in [6.45, 7) is 0. The second kappa shape index (κ2) is 3.68. The summed E-state index contributed by atoms with van der Waals surface area (Å²) in [6.07, 6.45) is 1.98. The molecule has 0 atom stereocenters. The van der Waals surface area contributed by atoms with Crippen molar-refractivity contribution < 1.29 is 4.39 Å². The first-order valence-corrected chi connectivity index (χ1v) is 6.03. The SMILES string of the molecule is Fc1ccc(-c2cn3c(nc4ccccc43)[nH]2)cc1. The van der Waals surface area contributed by atoms with Crippen LogP contribution in [0.25, 0.3) is 28.1 Å². The maximum Gasteiger partial charge on any atom is 0.212 e. The predicted octanol–water partition coefficient (Wildman–Crippen LogP) is 3.62. The Kier molecular flexibility index (Phi) is 2.00. The largest absolute Gasteiger partial charge is 0.323 e. The fourth-order valence-electron chi connectivity index (χ4n) is 2.32. The molecule has 0 unspecified atom stereocenters. The van der Waals surface area contributed by atoms with Gasteiger partial charge in [0.2, 0.25) is 5.78 Å². The van der Waals surface area contributed by atoms with E-state index in [0.717, 1.165) is 28.1 Å². The molecule has 0 spiro atoms. The Morgan fingerprint density at radius 3 is 2.63 bits per heavy atom. The van der Waals surface area contributed by atoms with Crippen LogP contribution in [0.5, 0.6) is 0 Å². The van der Waals surface area contributed by atoms with Crippen LogP contribution in [0.1, 0.15) is 0 Å². The normalized spacial score (nSPS) is 11.4. The lowest BCUT2D eigenvalue weighted by Crippen LogP contribution is -1.79. The molecule has 0 aliphatic heterocycles. The van der Waals surface area contributed by atoms with Gasteiger partial charge in [-0.1, -0.05) is 12.1 Å². The fraction of sp³-hybridized carbons (Fsp3) is 0. The molecular weight excluding hydrogens is 241 g/mol. The first kappa shape index (κ1) is 10.3. The van der Waals surface area contributed by atoms with Gasteiger partial charge in [-0.3, -0.25) is 4.40 Å². The summed E-state index contributed by atoms with van der Waals surface area (Å²) in [5.41, 5.74) is 3.88. The zero-order chi connectivity index (χ0) is 12.8. The summed E-state index contributed by atoms with van der Waals surface area (Å²) < 4.78 is 14.9. The zero-order valence-corrected chi connectivity index (χ0v) is 9.97. The van der Waals surface area contributed by atoms with Crippen LogP contribution in [-0.2, 0) is 0 Å². The summed E-state index contributed by atoms with van der Waals surface area (Å²) in [5.74, 6) is 0.561. The Balaban J connectivity index is 1.94. The van der Waals surface area contributed by atoms with Crippen LogP contribution >= 0.6 is 0 Å². The van der Waals surface area contributed by atoms with E-state index in [1.807, 2.05) is 34.9 Å². The standard InChI is InChI=1S/C15H10FN3/c16-11-7-5-10(6-8-11)13-9-19-14-4-2-1-3-12(14)17-15(19)18-13/h1-9H,(H,17,18). The first-order chi connectivity index (χ1) is 9.31. The molecule has 0 saturated carbocycles. The van der Waals surface area contributed by atoms with E-state index in [1.54, 1.807) is 12.1 Å². The Hall–Kier alpha value is -2.62. The molecule has 0 fully saturated rings. The molecule has 19 heavy (non-hydrogen) atoms. The van der Waals surface area contributed by atoms with Gasteiger partial charge in [0.05, 0.1) is 16.7 Å². The average molecular weight is 251 g/mol. The van der Waals surface area contributed by atoms with Gasteiger partial charge in [-0.05, 0) is 42.0 Å². The van der Waals surface area contributed by atoms with Crippen LogP contribution in [0.4, 0.5) is 4.39 Å². The third-order valence-electron chi connectivity index (χ3n) is 3.26. The fourth-order valence-corrected chi connectivity index (χ4v) is 2.32. The highest BCUT2D eigenvalue weighted by Gasteiger charge is 2.08. The molecule has 2 aromatic carbocycles. The van der Waals surface area contributed by atoms with Crippen molar-refractivity contribution in [2.75, 3.05) is 0 Å². The van der Waals surface area contributed by atoms with Crippen molar-refractivity contribution in [2.24, 2.45) is 0 Å². The molecule has 92 valence electrons. The number of hydrogen-bond acceptors (Lipinski definition) is 1. The highest BCUT2D eigenvalue weighted by molar-refractivity contribution is 5.80. The van der Waals surface area contributed by atoms with Crippen molar-refractivity contribution in [3.05, 3.63) is 60.5 Å². The second-order valence-corrected chi connectivity index (χ2v) is 4.47. The van der Waals surface area contributed by atoms with Crippen LogP contribution in [0.15, 0.2) is 54.7 Å². The lowest BCUT2D eigenvalue weighted by molar-refractivity contribution is 0.628. The summed E-state index contributed by atoms with van der Waals surface area (Å²) in [7, 11) is 0. The topological polar surface area (TPSA) is 33.1 Å². The third-order valence-corrected chi connectivity index (χ3v) is 3.26. The number of aromatic amines is 1. The van der Waals surface area contributed by atoms with Crippen LogP contribution in [-0.4, -0.2) is 14.4 Å². The third kappa shape index (κ3) is 1.53. The molecule has 2 aromatic heterocycles. The first-order valence-electron chi connectivity index (χ1n) is 6.03. The smallest absolute Gasteiger partial charge is 0.212 e. The molecule has 3 nitrogen and oxygen atoms in total. The molecule has 0 aliphatic rings. The number of imidazole rings is 2. The number of rotatable bonds is 1. The zero-order valence-electron chi connectivity index (χ0n) is 9.97. The number of fused-ring (bicyclic) bond motifs is 3. The van der Waals surface area contributed by atoms with Gasteiger partial charge < -0.3 is 4.98 Å². The minimum Gasteiger partial charge on any atom is -0.323 e. The summed E-state index contributed by atoms with van der Waals surface area (Å²) >= 11 is 0. The van der Waals surface area contributed by atoms with Crippen molar-refractivity contribution in [3.63, 3.8) is 0 Å². The van der Waals surface area contributed by atoms with E-state index in [4.69, 9.17) is 0 Å². The van der Waals surface area contributed by atoms with E-state index < -0.39 is 0 Å².